The Morgan fingerprint density at radius 2 is 2.03 bits per heavy atom. The molecule has 5 rings (SSSR count). The molecule has 1 saturated heterocycles. The number of halogens is 1. The van der Waals surface area contributed by atoms with Crippen LogP contribution in [0.3, 0.4) is 0 Å². The Balaban J connectivity index is 0.00000245. The molecule has 1 aromatic heterocycles. The number of aromatic nitrogens is 1. The number of aryl methyl sites for hydroxylation is 1. The second-order valence-electron chi connectivity index (χ2n) is 8.54. The van der Waals surface area contributed by atoms with E-state index in [1.165, 1.54) is 16.6 Å². The van der Waals surface area contributed by atoms with Gasteiger partial charge in [0.1, 0.15) is 5.75 Å². The van der Waals surface area contributed by atoms with Crippen molar-refractivity contribution in [3.05, 3.63) is 59.8 Å². The maximum Gasteiger partial charge on any atom is 0.262 e. The van der Waals surface area contributed by atoms with Gasteiger partial charge in [0.15, 0.2) is 6.61 Å². The van der Waals surface area contributed by atoms with E-state index < -0.39 is 0 Å². The standard InChI is InChI=1S/C25H28N4O2.ClH/c1-17-6-8-20-21(26-17)4-3-5-23(20)29-13-12-28(18(2)15-29)11-10-19-7-9-24-22(14-19)27-25(30)16-31-24;/h3-9,14,18H,10-13,15-16H2,1-2H3,(H,27,30);1H. The number of benzene rings is 2. The van der Waals surface area contributed by atoms with E-state index in [-0.39, 0.29) is 24.9 Å². The monoisotopic (exact) mass is 452 g/mol. The zero-order valence-electron chi connectivity index (χ0n) is 18.5. The first-order valence-electron chi connectivity index (χ1n) is 11.0. The normalized spacial score (nSPS) is 18.5. The Morgan fingerprint density at radius 3 is 2.88 bits per heavy atom. The minimum absolute atomic E-state index is 0. The van der Waals surface area contributed by atoms with Gasteiger partial charge in [-0.3, -0.25) is 14.7 Å². The van der Waals surface area contributed by atoms with Crippen LogP contribution >= 0.6 is 12.4 Å². The molecule has 0 saturated carbocycles. The van der Waals surface area contributed by atoms with Crippen LogP contribution in [0.25, 0.3) is 10.9 Å². The van der Waals surface area contributed by atoms with Gasteiger partial charge in [-0.05, 0) is 62.2 Å². The second-order valence-corrected chi connectivity index (χ2v) is 8.54. The largest absolute Gasteiger partial charge is 0.482 e. The van der Waals surface area contributed by atoms with Crippen molar-refractivity contribution in [3.63, 3.8) is 0 Å². The van der Waals surface area contributed by atoms with E-state index in [1.54, 1.807) is 0 Å². The first kappa shape index (κ1) is 22.4. The molecular weight excluding hydrogens is 424 g/mol. The quantitative estimate of drug-likeness (QED) is 0.647. The molecule has 6 nitrogen and oxygen atoms in total. The minimum Gasteiger partial charge on any atom is -0.482 e. The van der Waals surface area contributed by atoms with Crippen LogP contribution in [0.1, 0.15) is 18.2 Å². The summed E-state index contributed by atoms with van der Waals surface area (Å²) in [5.74, 6) is 0.665. The summed E-state index contributed by atoms with van der Waals surface area (Å²) in [5, 5.41) is 4.13. The Hall–Kier alpha value is -2.83. The van der Waals surface area contributed by atoms with Crippen molar-refractivity contribution >= 4 is 40.6 Å². The van der Waals surface area contributed by atoms with Gasteiger partial charge < -0.3 is 15.0 Å². The third-order valence-corrected chi connectivity index (χ3v) is 6.32. The summed E-state index contributed by atoms with van der Waals surface area (Å²) in [4.78, 5) is 21.3. The fourth-order valence-corrected chi connectivity index (χ4v) is 4.62. The van der Waals surface area contributed by atoms with E-state index in [1.807, 2.05) is 19.1 Å². The molecule has 1 amide bonds. The van der Waals surface area contributed by atoms with E-state index in [0.717, 1.165) is 55.2 Å². The first-order valence-corrected chi connectivity index (χ1v) is 11.0. The third kappa shape index (κ3) is 4.52. The molecule has 1 fully saturated rings. The number of carbonyl (C=O) groups excluding carboxylic acids is 1. The number of carbonyl (C=O) groups is 1. The van der Waals surface area contributed by atoms with Crippen molar-refractivity contribution in [1.82, 2.24) is 9.88 Å². The number of hydrogen-bond acceptors (Lipinski definition) is 5. The number of pyridine rings is 1. The highest BCUT2D eigenvalue weighted by Crippen LogP contribution is 2.30. The number of amides is 1. The van der Waals surface area contributed by atoms with Crippen LogP contribution in [0.5, 0.6) is 5.75 Å². The molecule has 0 radical (unpaired) electrons. The zero-order valence-corrected chi connectivity index (χ0v) is 19.3. The van der Waals surface area contributed by atoms with Gasteiger partial charge in [0.2, 0.25) is 0 Å². The van der Waals surface area contributed by atoms with Crippen molar-refractivity contribution in [2.45, 2.75) is 26.3 Å². The number of nitrogens with zero attached hydrogens (tertiary/aromatic N) is 3. The molecule has 3 heterocycles. The van der Waals surface area contributed by atoms with E-state index in [0.29, 0.717) is 6.04 Å². The maximum atomic E-state index is 11.6. The number of nitrogens with one attached hydrogen (secondary N) is 1. The van der Waals surface area contributed by atoms with Gasteiger partial charge in [0.05, 0.1) is 11.2 Å². The van der Waals surface area contributed by atoms with E-state index in [2.05, 4.69) is 58.4 Å². The van der Waals surface area contributed by atoms with Crippen LogP contribution in [-0.4, -0.2) is 54.6 Å². The van der Waals surface area contributed by atoms with E-state index in [4.69, 9.17) is 9.72 Å². The van der Waals surface area contributed by atoms with Gasteiger partial charge in [0, 0.05) is 49.0 Å². The van der Waals surface area contributed by atoms with Gasteiger partial charge in [-0.2, -0.15) is 0 Å². The molecular formula is C25H29ClN4O2. The zero-order chi connectivity index (χ0) is 21.4. The maximum absolute atomic E-state index is 11.6. The van der Waals surface area contributed by atoms with E-state index >= 15 is 0 Å². The molecule has 0 bridgehead atoms. The van der Waals surface area contributed by atoms with Gasteiger partial charge in [-0.25, -0.2) is 0 Å². The summed E-state index contributed by atoms with van der Waals surface area (Å²) < 4.78 is 5.46. The van der Waals surface area contributed by atoms with Gasteiger partial charge in [-0.1, -0.05) is 12.1 Å². The van der Waals surface area contributed by atoms with Crippen molar-refractivity contribution in [2.75, 3.05) is 43.0 Å². The fourth-order valence-electron chi connectivity index (χ4n) is 4.62. The summed E-state index contributed by atoms with van der Waals surface area (Å²) in [7, 11) is 0. The second kappa shape index (κ2) is 9.35. The van der Waals surface area contributed by atoms with Crippen molar-refractivity contribution in [3.8, 4) is 5.75 Å². The summed E-state index contributed by atoms with van der Waals surface area (Å²) in [6, 6.07) is 17.3. The topological polar surface area (TPSA) is 57.7 Å². The highest BCUT2D eigenvalue weighted by molar-refractivity contribution is 5.95. The number of anilines is 2. The highest BCUT2D eigenvalue weighted by Gasteiger charge is 2.25. The Labute approximate surface area is 195 Å². The lowest BCUT2D eigenvalue weighted by Crippen LogP contribution is -2.52. The van der Waals surface area contributed by atoms with Gasteiger partial charge in [0.25, 0.3) is 5.91 Å². The van der Waals surface area contributed by atoms with Crippen molar-refractivity contribution in [2.24, 2.45) is 0 Å². The van der Waals surface area contributed by atoms with Gasteiger partial charge >= 0.3 is 0 Å². The average molecular weight is 453 g/mol. The fraction of sp³-hybridized carbons (Fsp3) is 0.360. The first-order chi connectivity index (χ1) is 15.1. The number of piperazine rings is 1. The highest BCUT2D eigenvalue weighted by atomic mass is 35.5. The lowest BCUT2D eigenvalue weighted by molar-refractivity contribution is -0.118. The molecule has 3 aromatic rings. The number of ether oxygens (including phenoxy) is 1. The molecule has 1 N–H and O–H groups in total. The minimum atomic E-state index is -0.0896. The summed E-state index contributed by atoms with van der Waals surface area (Å²) in [6.45, 7) is 8.48. The lowest BCUT2D eigenvalue weighted by Gasteiger charge is -2.41. The number of rotatable bonds is 4. The third-order valence-electron chi connectivity index (χ3n) is 6.32. The molecule has 2 aliphatic rings. The smallest absolute Gasteiger partial charge is 0.262 e. The molecule has 2 aliphatic heterocycles. The Bertz CT molecular complexity index is 1140. The van der Waals surface area contributed by atoms with Crippen molar-refractivity contribution < 1.29 is 9.53 Å². The molecule has 168 valence electrons. The molecule has 0 spiro atoms. The Kier molecular flexibility index (Phi) is 6.53. The van der Waals surface area contributed by atoms with Crippen LogP contribution < -0.4 is 15.0 Å². The van der Waals surface area contributed by atoms with Crippen LogP contribution in [0.15, 0.2) is 48.5 Å². The van der Waals surface area contributed by atoms with Gasteiger partial charge in [-0.15, -0.1) is 12.4 Å². The van der Waals surface area contributed by atoms with Crippen LogP contribution in [-0.2, 0) is 11.2 Å². The molecule has 7 heteroatoms. The SMILES string of the molecule is Cc1ccc2c(N3CCN(CCc4ccc5c(c4)NC(=O)CO5)C(C)C3)cccc2n1.Cl. The number of hydrogen-bond donors (Lipinski definition) is 1. The summed E-state index contributed by atoms with van der Waals surface area (Å²) in [6.07, 6.45) is 0.949. The summed E-state index contributed by atoms with van der Waals surface area (Å²) >= 11 is 0. The average Bonchev–Trinajstić information content (AvgIpc) is 2.77. The number of fused-ring (bicyclic) bond motifs is 2. The molecule has 2 aromatic carbocycles. The van der Waals surface area contributed by atoms with Crippen molar-refractivity contribution in [1.29, 1.82) is 0 Å². The van der Waals surface area contributed by atoms with Crippen LogP contribution in [0.4, 0.5) is 11.4 Å². The summed E-state index contributed by atoms with van der Waals surface area (Å²) in [5.41, 5.74) is 5.40. The lowest BCUT2D eigenvalue weighted by atomic mass is 10.1. The Morgan fingerprint density at radius 1 is 1.16 bits per heavy atom. The molecule has 1 unspecified atom stereocenters. The van der Waals surface area contributed by atoms with Crippen LogP contribution in [0, 0.1) is 6.92 Å². The van der Waals surface area contributed by atoms with Crippen LogP contribution in [0.2, 0.25) is 0 Å². The van der Waals surface area contributed by atoms with E-state index in [9.17, 15) is 4.79 Å². The predicted octanol–water partition coefficient (Wildman–Crippen LogP) is 4.05. The molecule has 0 aliphatic carbocycles. The molecule has 32 heavy (non-hydrogen) atoms. The molecule has 1 atom stereocenters. The predicted molar refractivity (Wildman–Crippen MR) is 131 cm³/mol.